The van der Waals surface area contributed by atoms with Crippen LogP contribution in [0, 0.1) is 6.92 Å². The summed E-state index contributed by atoms with van der Waals surface area (Å²) in [7, 11) is 0. The van der Waals surface area contributed by atoms with Gasteiger partial charge in [-0.3, -0.25) is 0 Å². The lowest BCUT2D eigenvalue weighted by atomic mass is 9.82. The lowest BCUT2D eigenvalue weighted by Gasteiger charge is -2.33. The quantitative estimate of drug-likeness (QED) is 0.106. The highest BCUT2D eigenvalue weighted by atomic mass is 15.2. The van der Waals surface area contributed by atoms with Crippen LogP contribution in [-0.4, -0.2) is 0 Å². The van der Waals surface area contributed by atoms with Crippen molar-refractivity contribution in [1.82, 2.24) is 0 Å². The highest BCUT2D eigenvalue weighted by Gasteiger charge is 2.38. The predicted molar refractivity (Wildman–Crippen MR) is 392 cm³/mol. The van der Waals surface area contributed by atoms with E-state index in [1.165, 1.54) is 171 Å². The van der Waals surface area contributed by atoms with Crippen molar-refractivity contribution in [3.05, 3.63) is 286 Å². The molecule has 2 aliphatic rings. The van der Waals surface area contributed by atoms with Gasteiger partial charge in [-0.15, -0.1) is 0 Å². The first kappa shape index (κ1) is 56.5. The normalized spacial score (nSPS) is 13.6. The van der Waals surface area contributed by atoms with Crippen molar-refractivity contribution in [1.29, 1.82) is 0 Å². The third-order valence-electron chi connectivity index (χ3n) is 21.4. The smallest absolute Gasteiger partial charge is 0.0546 e. The predicted octanol–water partition coefficient (Wildman–Crippen LogP) is 24.9. The second-order valence-corrected chi connectivity index (χ2v) is 27.0. The number of anilines is 6. The van der Waals surface area contributed by atoms with Crippen molar-refractivity contribution < 1.29 is 0 Å². The summed E-state index contributed by atoms with van der Waals surface area (Å²) >= 11 is 0. The second kappa shape index (κ2) is 21.5. The first-order valence-electron chi connectivity index (χ1n) is 33.4. The van der Waals surface area contributed by atoms with E-state index in [4.69, 9.17) is 0 Å². The number of hydrogen-bond donors (Lipinski definition) is 0. The molecule has 0 heterocycles. The summed E-state index contributed by atoms with van der Waals surface area (Å²) in [5, 5.41) is 12.4. The summed E-state index contributed by atoms with van der Waals surface area (Å²) in [4.78, 5) is 5.29. The van der Waals surface area contributed by atoms with Gasteiger partial charge in [0.15, 0.2) is 0 Å². The first-order chi connectivity index (χ1) is 44.3. The minimum Gasteiger partial charge on any atom is -0.310 e. The van der Waals surface area contributed by atoms with Crippen LogP contribution in [0.2, 0.25) is 0 Å². The van der Waals surface area contributed by atoms with E-state index in [-0.39, 0.29) is 10.8 Å². The van der Waals surface area contributed by atoms with E-state index >= 15 is 0 Å². The van der Waals surface area contributed by atoms with Gasteiger partial charge in [-0.05, 0) is 244 Å². The number of aryl methyl sites for hydroxylation is 4. The van der Waals surface area contributed by atoms with Crippen LogP contribution in [-0.2, 0) is 42.9 Å². The lowest BCUT2D eigenvalue weighted by molar-refractivity contribution is 0.660. The Kier molecular flexibility index (Phi) is 13.3. The van der Waals surface area contributed by atoms with Gasteiger partial charge in [-0.1, -0.05) is 220 Å². The van der Waals surface area contributed by atoms with Crippen LogP contribution in [0.5, 0.6) is 0 Å². The van der Waals surface area contributed by atoms with Crippen LogP contribution >= 0.6 is 0 Å². The molecular weight excluding hydrogens is 1100 g/mol. The zero-order valence-corrected chi connectivity index (χ0v) is 54.4. The lowest BCUT2D eigenvalue weighted by Crippen LogP contribution is -2.17. The zero-order valence-electron chi connectivity index (χ0n) is 54.4. The standard InChI is InChI=1S/C89H78N2/c1-11-55-47-66(44-54(6)68(55)14-4)90(64-36-38-72-70-28-20-22-30-80(70)88(7,8)82(72)50-64)84-52-78(62-34-32-58-24-16-18-26-60(58)45-62)74-41-43-77-85(53-79(75-40-42-76(84)86(74)87(75)77)63-35-33-59-25-17-19-27-61(59)46-63)91(67-48-56(12-2)69(15-5)57(13-3)49-67)65-37-39-73-71-29-21-23-31-81(71)89(9,10)83(73)51-65/h16-53H,11-15H2,1-10H3. The fourth-order valence-corrected chi connectivity index (χ4v) is 16.8. The fraction of sp³-hybridized carbons (Fsp3) is 0.191. The van der Waals surface area contributed by atoms with E-state index in [2.05, 4.69) is 310 Å². The molecule has 0 spiro atoms. The molecule has 0 atom stereocenters. The summed E-state index contributed by atoms with van der Waals surface area (Å²) in [5.41, 5.74) is 30.7. The second-order valence-electron chi connectivity index (χ2n) is 27.0. The van der Waals surface area contributed by atoms with Crippen molar-refractivity contribution in [3.8, 4) is 44.5 Å². The molecule has 0 aliphatic heterocycles. The van der Waals surface area contributed by atoms with E-state index in [1.54, 1.807) is 0 Å². The summed E-state index contributed by atoms with van der Waals surface area (Å²) in [6.07, 6.45) is 4.85. The van der Waals surface area contributed by atoms with Crippen molar-refractivity contribution >= 4 is 88.0 Å². The molecule has 2 nitrogen and oxygen atoms in total. The van der Waals surface area contributed by atoms with Crippen LogP contribution in [0.15, 0.2) is 231 Å². The van der Waals surface area contributed by atoms with Crippen LogP contribution in [0.4, 0.5) is 34.1 Å². The third kappa shape index (κ3) is 8.65. The molecule has 0 unspecified atom stereocenters. The molecule has 2 aliphatic carbocycles. The highest BCUT2D eigenvalue weighted by molar-refractivity contribution is 6.32. The average molecular weight is 1180 g/mol. The molecule has 14 aromatic carbocycles. The summed E-state index contributed by atoms with van der Waals surface area (Å²) < 4.78 is 0. The molecule has 0 N–H and O–H groups in total. The summed E-state index contributed by atoms with van der Waals surface area (Å²) in [6.45, 7) is 23.6. The first-order valence-corrected chi connectivity index (χ1v) is 33.4. The van der Waals surface area contributed by atoms with Crippen LogP contribution in [0.1, 0.15) is 118 Å². The molecule has 16 rings (SSSR count). The van der Waals surface area contributed by atoms with Crippen molar-refractivity contribution in [2.24, 2.45) is 0 Å². The minimum atomic E-state index is -0.199. The van der Waals surface area contributed by atoms with Gasteiger partial charge in [0.2, 0.25) is 0 Å². The molecule has 2 heteroatoms. The Morgan fingerprint density at radius 2 is 0.670 bits per heavy atom. The molecule has 0 saturated carbocycles. The van der Waals surface area contributed by atoms with Gasteiger partial charge < -0.3 is 9.80 Å². The summed E-state index contributed by atoms with van der Waals surface area (Å²) in [5.74, 6) is 0. The number of hydrogen-bond acceptors (Lipinski definition) is 2. The number of benzene rings is 14. The molecule has 0 fully saturated rings. The maximum atomic E-state index is 2.65. The van der Waals surface area contributed by atoms with Crippen LogP contribution in [0.25, 0.3) is 98.4 Å². The fourth-order valence-electron chi connectivity index (χ4n) is 16.8. The van der Waals surface area contributed by atoms with Crippen molar-refractivity contribution in [3.63, 3.8) is 0 Å². The maximum absolute atomic E-state index is 2.65. The van der Waals surface area contributed by atoms with Gasteiger partial charge in [0.1, 0.15) is 0 Å². The molecule has 0 radical (unpaired) electrons. The van der Waals surface area contributed by atoms with E-state index in [9.17, 15) is 0 Å². The average Bonchev–Trinajstić information content (AvgIpc) is 1.44. The van der Waals surface area contributed by atoms with Gasteiger partial charge in [0, 0.05) is 55.1 Å². The van der Waals surface area contributed by atoms with E-state index in [0.717, 1.165) is 49.2 Å². The van der Waals surface area contributed by atoms with E-state index in [0.29, 0.717) is 0 Å². The molecule has 0 aromatic heterocycles. The van der Waals surface area contributed by atoms with E-state index < -0.39 is 0 Å². The molecule has 0 amide bonds. The molecule has 444 valence electrons. The Balaban J connectivity index is 1.06. The Bertz CT molecular complexity index is 5280. The van der Waals surface area contributed by atoms with Gasteiger partial charge in [0.05, 0.1) is 11.4 Å². The monoisotopic (exact) mass is 1170 g/mol. The van der Waals surface area contributed by atoms with Crippen LogP contribution in [0.3, 0.4) is 0 Å². The highest BCUT2D eigenvalue weighted by Crippen LogP contribution is 2.57. The van der Waals surface area contributed by atoms with Crippen molar-refractivity contribution in [2.45, 2.75) is 112 Å². The van der Waals surface area contributed by atoms with Gasteiger partial charge in [0.25, 0.3) is 0 Å². The van der Waals surface area contributed by atoms with Crippen molar-refractivity contribution in [2.75, 3.05) is 9.80 Å². The topological polar surface area (TPSA) is 6.48 Å². The number of rotatable bonds is 13. The Morgan fingerprint density at radius 1 is 0.286 bits per heavy atom. The van der Waals surface area contributed by atoms with E-state index in [1.807, 2.05) is 0 Å². The Labute approximate surface area is 537 Å². The van der Waals surface area contributed by atoms with Gasteiger partial charge in [-0.2, -0.15) is 0 Å². The number of fused-ring (bicyclic) bond motifs is 8. The zero-order chi connectivity index (χ0) is 62.2. The molecular formula is C89H78N2. The molecule has 0 saturated heterocycles. The third-order valence-corrected chi connectivity index (χ3v) is 21.4. The minimum absolute atomic E-state index is 0.199. The molecule has 14 aromatic rings. The van der Waals surface area contributed by atoms with Gasteiger partial charge in [-0.25, -0.2) is 0 Å². The Morgan fingerprint density at radius 3 is 1.11 bits per heavy atom. The maximum Gasteiger partial charge on any atom is 0.0546 e. The SMILES string of the molecule is CCc1cc(N(c2ccc3c(c2)C(C)(C)c2ccccc2-3)c2cc(-c3ccc4ccccc4c3)c3ccc4c(N(c5cc(CC)c(CC)c(CC)c5)c5ccc6c(c5)C(C)(C)c5ccccc5-6)cc(-c5ccc6ccccc6c5)c5ccc2c3c54)cc(C)c1CC. The number of nitrogens with zero attached hydrogens (tertiary/aromatic N) is 2. The Hall–Kier alpha value is -9.76. The molecule has 0 bridgehead atoms. The molecule has 91 heavy (non-hydrogen) atoms. The van der Waals surface area contributed by atoms with Crippen LogP contribution < -0.4 is 9.80 Å². The van der Waals surface area contributed by atoms with Gasteiger partial charge >= 0.3 is 0 Å². The largest absolute Gasteiger partial charge is 0.310 e. The summed E-state index contributed by atoms with van der Waals surface area (Å²) in [6, 6.07) is 89.8.